The minimum Gasteiger partial charge on any atom is -0.341 e. The molecule has 1 aromatic rings. The molecular weight excluding hydrogens is 304 g/mol. The molecule has 114 valence electrons. The van der Waals surface area contributed by atoms with Gasteiger partial charge in [-0.2, -0.15) is 0 Å². The Morgan fingerprint density at radius 1 is 1.48 bits per heavy atom. The van der Waals surface area contributed by atoms with E-state index in [1.54, 1.807) is 6.08 Å². The summed E-state index contributed by atoms with van der Waals surface area (Å²) < 4.78 is 23.3. The molecular formula is C15H20N2O2S2. The van der Waals surface area contributed by atoms with Gasteiger partial charge in [0.2, 0.25) is 0 Å². The first-order valence-corrected chi connectivity index (χ1v) is 9.10. The van der Waals surface area contributed by atoms with Crippen LogP contribution in [0, 0.1) is 6.92 Å². The molecule has 1 aliphatic rings. The molecule has 0 bridgehead atoms. The number of nitrogens with one attached hydrogen (secondary N) is 1. The number of aryl methyl sites for hydroxylation is 1. The molecule has 1 atom stereocenters. The van der Waals surface area contributed by atoms with E-state index in [1.165, 1.54) is 5.56 Å². The molecule has 1 saturated heterocycles. The second-order valence-corrected chi connectivity index (χ2v) is 7.91. The summed E-state index contributed by atoms with van der Waals surface area (Å²) in [5.41, 5.74) is 2.08. The first-order valence-electron chi connectivity index (χ1n) is 6.87. The second kappa shape index (κ2) is 6.58. The molecule has 1 heterocycles. The molecule has 1 fully saturated rings. The number of anilines is 1. The lowest BCUT2D eigenvalue weighted by Crippen LogP contribution is -2.43. The Morgan fingerprint density at radius 2 is 2.14 bits per heavy atom. The van der Waals surface area contributed by atoms with Gasteiger partial charge in [-0.05, 0) is 37.7 Å². The van der Waals surface area contributed by atoms with Crippen LogP contribution in [0.3, 0.4) is 0 Å². The predicted octanol–water partition coefficient (Wildman–Crippen LogP) is 2.37. The largest absolute Gasteiger partial charge is 0.341 e. The molecule has 0 unspecified atom stereocenters. The number of hydrogen-bond donors (Lipinski definition) is 1. The number of thiocarbonyl (C=S) groups is 1. The number of hydrogen-bond acceptors (Lipinski definition) is 3. The third kappa shape index (κ3) is 4.28. The van der Waals surface area contributed by atoms with Crippen LogP contribution >= 0.6 is 12.2 Å². The maximum absolute atomic E-state index is 11.7. The Labute approximate surface area is 131 Å². The van der Waals surface area contributed by atoms with Gasteiger partial charge in [-0.25, -0.2) is 8.42 Å². The van der Waals surface area contributed by atoms with Crippen molar-refractivity contribution in [3.05, 3.63) is 42.5 Å². The smallest absolute Gasteiger partial charge is 0.173 e. The summed E-state index contributed by atoms with van der Waals surface area (Å²) >= 11 is 5.44. The molecule has 0 radical (unpaired) electrons. The Kier molecular flexibility index (Phi) is 5.00. The van der Waals surface area contributed by atoms with E-state index in [0.29, 0.717) is 18.1 Å². The van der Waals surface area contributed by atoms with Crippen LogP contribution in [-0.4, -0.2) is 42.5 Å². The average molecular weight is 324 g/mol. The van der Waals surface area contributed by atoms with Crippen molar-refractivity contribution in [3.63, 3.8) is 0 Å². The maximum atomic E-state index is 11.7. The molecule has 1 aromatic carbocycles. The van der Waals surface area contributed by atoms with Gasteiger partial charge >= 0.3 is 0 Å². The lowest BCUT2D eigenvalue weighted by atomic mass is 10.2. The van der Waals surface area contributed by atoms with E-state index in [4.69, 9.17) is 12.2 Å². The van der Waals surface area contributed by atoms with Crippen molar-refractivity contribution < 1.29 is 8.42 Å². The molecule has 0 aromatic heterocycles. The first kappa shape index (κ1) is 16.0. The van der Waals surface area contributed by atoms with Gasteiger partial charge < -0.3 is 10.2 Å². The summed E-state index contributed by atoms with van der Waals surface area (Å²) in [6, 6.07) is 7.85. The van der Waals surface area contributed by atoms with Crippen LogP contribution in [0.1, 0.15) is 12.0 Å². The van der Waals surface area contributed by atoms with Gasteiger partial charge in [-0.1, -0.05) is 23.8 Å². The van der Waals surface area contributed by atoms with Crippen molar-refractivity contribution in [2.45, 2.75) is 19.4 Å². The van der Waals surface area contributed by atoms with Crippen molar-refractivity contribution in [3.8, 4) is 0 Å². The lowest BCUT2D eigenvalue weighted by molar-refractivity contribution is 0.370. The summed E-state index contributed by atoms with van der Waals surface area (Å²) in [5, 5.41) is 3.72. The summed E-state index contributed by atoms with van der Waals surface area (Å²) in [7, 11) is -2.93. The number of sulfone groups is 1. The number of nitrogens with zero attached hydrogens (tertiary/aromatic N) is 1. The molecule has 0 amide bonds. The fourth-order valence-corrected chi connectivity index (χ4v) is 4.46. The Morgan fingerprint density at radius 3 is 2.67 bits per heavy atom. The monoisotopic (exact) mass is 324 g/mol. The van der Waals surface area contributed by atoms with Crippen molar-refractivity contribution in [2.75, 3.05) is 23.4 Å². The molecule has 6 heteroatoms. The zero-order valence-electron chi connectivity index (χ0n) is 12.1. The van der Waals surface area contributed by atoms with Crippen molar-refractivity contribution >= 4 is 32.9 Å². The van der Waals surface area contributed by atoms with E-state index < -0.39 is 9.84 Å². The highest BCUT2D eigenvalue weighted by atomic mass is 32.2. The summed E-state index contributed by atoms with van der Waals surface area (Å²) in [4.78, 5) is 1.91. The molecule has 1 aliphatic heterocycles. The zero-order chi connectivity index (χ0) is 15.5. The van der Waals surface area contributed by atoms with Crippen LogP contribution in [0.15, 0.2) is 36.9 Å². The minimum absolute atomic E-state index is 0.0709. The summed E-state index contributed by atoms with van der Waals surface area (Å²) in [6.07, 6.45) is 2.36. The summed E-state index contributed by atoms with van der Waals surface area (Å²) in [5.74, 6) is 0.398. The van der Waals surface area contributed by atoms with E-state index >= 15 is 0 Å². The predicted molar refractivity (Wildman–Crippen MR) is 91.4 cm³/mol. The topological polar surface area (TPSA) is 49.4 Å². The molecule has 4 nitrogen and oxygen atoms in total. The fourth-order valence-electron chi connectivity index (χ4n) is 2.39. The molecule has 0 saturated carbocycles. The van der Waals surface area contributed by atoms with E-state index in [2.05, 4.69) is 11.9 Å². The second-order valence-electron chi connectivity index (χ2n) is 5.29. The van der Waals surface area contributed by atoms with Crippen molar-refractivity contribution in [2.24, 2.45) is 0 Å². The Hall–Kier alpha value is -1.40. The third-order valence-electron chi connectivity index (χ3n) is 3.54. The highest BCUT2D eigenvalue weighted by Gasteiger charge is 2.32. The molecule has 2 rings (SSSR count). The lowest BCUT2D eigenvalue weighted by Gasteiger charge is -2.30. The molecule has 0 spiro atoms. The van der Waals surface area contributed by atoms with Crippen molar-refractivity contribution in [1.82, 2.24) is 4.90 Å². The highest BCUT2D eigenvalue weighted by molar-refractivity contribution is 7.91. The van der Waals surface area contributed by atoms with Gasteiger partial charge in [0.25, 0.3) is 0 Å². The van der Waals surface area contributed by atoms with Gasteiger partial charge in [-0.3, -0.25) is 0 Å². The van der Waals surface area contributed by atoms with E-state index in [1.807, 2.05) is 36.1 Å². The number of rotatable bonds is 4. The van der Waals surface area contributed by atoms with Crippen LogP contribution in [0.5, 0.6) is 0 Å². The van der Waals surface area contributed by atoms with E-state index in [9.17, 15) is 8.42 Å². The van der Waals surface area contributed by atoms with Gasteiger partial charge in [0.05, 0.1) is 11.5 Å². The zero-order valence-corrected chi connectivity index (χ0v) is 13.7. The van der Waals surface area contributed by atoms with E-state index in [0.717, 1.165) is 5.69 Å². The van der Waals surface area contributed by atoms with Crippen LogP contribution in [0.4, 0.5) is 5.69 Å². The molecule has 21 heavy (non-hydrogen) atoms. The SMILES string of the molecule is C=CCN(C(=S)Nc1ccc(C)cc1)[C@@H]1CCS(=O)(=O)C1. The molecule has 0 aliphatic carbocycles. The van der Waals surface area contributed by atoms with Crippen molar-refractivity contribution in [1.29, 1.82) is 0 Å². The van der Waals surface area contributed by atoms with Crippen LogP contribution < -0.4 is 5.32 Å². The number of benzene rings is 1. The Balaban J connectivity index is 2.09. The van der Waals surface area contributed by atoms with Crippen LogP contribution in [0.25, 0.3) is 0 Å². The quantitative estimate of drug-likeness (QED) is 0.681. The highest BCUT2D eigenvalue weighted by Crippen LogP contribution is 2.19. The van der Waals surface area contributed by atoms with Crippen LogP contribution in [0.2, 0.25) is 0 Å². The van der Waals surface area contributed by atoms with Gasteiger partial charge in [0.15, 0.2) is 14.9 Å². The van der Waals surface area contributed by atoms with Gasteiger partial charge in [-0.15, -0.1) is 6.58 Å². The van der Waals surface area contributed by atoms with Gasteiger partial charge in [0.1, 0.15) is 0 Å². The normalized spacial score (nSPS) is 20.0. The summed E-state index contributed by atoms with van der Waals surface area (Å²) in [6.45, 7) is 6.29. The molecule has 1 N–H and O–H groups in total. The third-order valence-corrected chi connectivity index (χ3v) is 5.63. The van der Waals surface area contributed by atoms with Gasteiger partial charge in [0, 0.05) is 18.3 Å². The first-order chi connectivity index (χ1) is 9.91. The fraction of sp³-hybridized carbons (Fsp3) is 0.400. The van der Waals surface area contributed by atoms with E-state index in [-0.39, 0.29) is 17.5 Å². The standard InChI is InChI=1S/C15H20N2O2S2/c1-3-9-17(14-8-10-21(18,19)11-14)15(20)16-13-6-4-12(2)5-7-13/h3-7,14H,1,8-11H2,2H3,(H,16,20)/t14-/m1/s1. The average Bonchev–Trinajstić information content (AvgIpc) is 2.78. The maximum Gasteiger partial charge on any atom is 0.173 e. The van der Waals surface area contributed by atoms with Crippen LogP contribution in [-0.2, 0) is 9.84 Å². The minimum atomic E-state index is -2.93. The Bertz CT molecular complexity index is 624.